The van der Waals surface area contributed by atoms with E-state index in [9.17, 15) is 0 Å². The van der Waals surface area contributed by atoms with Crippen molar-refractivity contribution in [2.75, 3.05) is 13.6 Å². The van der Waals surface area contributed by atoms with Gasteiger partial charge < -0.3 is 10.6 Å². The van der Waals surface area contributed by atoms with Crippen LogP contribution in [0.5, 0.6) is 0 Å². The van der Waals surface area contributed by atoms with E-state index in [1.165, 1.54) is 22.3 Å². The van der Waals surface area contributed by atoms with Crippen molar-refractivity contribution >= 4 is 5.96 Å². The molecule has 2 N–H and O–H groups in total. The van der Waals surface area contributed by atoms with Crippen molar-refractivity contribution in [3.05, 3.63) is 64.5 Å². The molecule has 0 spiro atoms. The van der Waals surface area contributed by atoms with Gasteiger partial charge in [-0.05, 0) is 56.0 Å². The third-order valence-electron chi connectivity index (χ3n) is 3.89. The van der Waals surface area contributed by atoms with Crippen molar-refractivity contribution in [1.82, 2.24) is 15.6 Å². The fraction of sp³-hybridized carbons (Fsp3) is 0.368. The first kappa shape index (κ1) is 17.0. The molecule has 0 radical (unpaired) electrons. The number of nitrogens with one attached hydrogen (secondary N) is 2. The molecule has 4 heteroatoms. The predicted molar refractivity (Wildman–Crippen MR) is 96.8 cm³/mol. The van der Waals surface area contributed by atoms with Gasteiger partial charge in [-0.2, -0.15) is 0 Å². The fourth-order valence-electron chi connectivity index (χ4n) is 2.81. The molecule has 0 bridgehead atoms. The van der Waals surface area contributed by atoms with Crippen LogP contribution in [0.1, 0.15) is 27.9 Å². The van der Waals surface area contributed by atoms with E-state index in [1.807, 2.05) is 18.2 Å². The van der Waals surface area contributed by atoms with E-state index >= 15 is 0 Å². The highest BCUT2D eigenvalue weighted by Gasteiger charge is 2.04. The van der Waals surface area contributed by atoms with Crippen LogP contribution in [-0.4, -0.2) is 24.5 Å². The zero-order chi connectivity index (χ0) is 16.7. The first-order valence-corrected chi connectivity index (χ1v) is 8.01. The van der Waals surface area contributed by atoms with Gasteiger partial charge in [-0.3, -0.25) is 9.98 Å². The van der Waals surface area contributed by atoms with Crippen LogP contribution < -0.4 is 10.6 Å². The van der Waals surface area contributed by atoms with Crippen LogP contribution in [0.3, 0.4) is 0 Å². The molecule has 0 amide bonds. The average molecular weight is 310 g/mol. The predicted octanol–water partition coefficient (Wildman–Crippen LogP) is 2.91. The average Bonchev–Trinajstić information content (AvgIpc) is 2.53. The van der Waals surface area contributed by atoms with E-state index in [4.69, 9.17) is 0 Å². The van der Waals surface area contributed by atoms with Crippen LogP contribution in [0.4, 0.5) is 0 Å². The van der Waals surface area contributed by atoms with E-state index in [1.54, 1.807) is 13.2 Å². The van der Waals surface area contributed by atoms with Gasteiger partial charge in [0.1, 0.15) is 0 Å². The Hall–Kier alpha value is -2.36. The molecule has 2 rings (SSSR count). The lowest BCUT2D eigenvalue weighted by Gasteiger charge is -2.14. The zero-order valence-corrected chi connectivity index (χ0v) is 14.5. The minimum Gasteiger partial charge on any atom is -0.356 e. The highest BCUT2D eigenvalue weighted by molar-refractivity contribution is 5.79. The number of aryl methyl sites for hydroxylation is 3. The molecule has 23 heavy (non-hydrogen) atoms. The fourth-order valence-corrected chi connectivity index (χ4v) is 2.81. The maximum atomic E-state index is 4.30. The number of benzene rings is 1. The van der Waals surface area contributed by atoms with Crippen molar-refractivity contribution in [3.63, 3.8) is 0 Å². The molecule has 0 saturated carbocycles. The summed E-state index contributed by atoms with van der Waals surface area (Å²) in [4.78, 5) is 8.56. The third kappa shape index (κ3) is 5.09. The molecule has 0 aliphatic heterocycles. The summed E-state index contributed by atoms with van der Waals surface area (Å²) in [6.45, 7) is 8.04. The minimum absolute atomic E-state index is 0.670. The van der Waals surface area contributed by atoms with Crippen LogP contribution in [0.15, 0.2) is 41.5 Å². The molecule has 2 aromatic rings. The summed E-state index contributed by atoms with van der Waals surface area (Å²) in [5, 5.41) is 6.66. The number of nitrogens with zero attached hydrogens (tertiary/aromatic N) is 2. The lowest BCUT2D eigenvalue weighted by molar-refractivity contribution is 0.780. The van der Waals surface area contributed by atoms with Gasteiger partial charge >= 0.3 is 0 Å². The van der Waals surface area contributed by atoms with Gasteiger partial charge in [0.05, 0.1) is 12.2 Å². The number of aromatic nitrogens is 1. The van der Waals surface area contributed by atoms with Gasteiger partial charge in [0, 0.05) is 19.8 Å². The van der Waals surface area contributed by atoms with Crippen molar-refractivity contribution < 1.29 is 0 Å². The number of hydrogen-bond acceptors (Lipinski definition) is 2. The van der Waals surface area contributed by atoms with Crippen LogP contribution in [-0.2, 0) is 13.0 Å². The number of aliphatic imine (C=N–C) groups is 1. The molecule has 0 aliphatic rings. The first-order valence-electron chi connectivity index (χ1n) is 8.01. The largest absolute Gasteiger partial charge is 0.356 e. The van der Waals surface area contributed by atoms with Crippen molar-refractivity contribution in [2.24, 2.45) is 4.99 Å². The lowest BCUT2D eigenvalue weighted by Crippen LogP contribution is -2.38. The molecule has 1 aromatic heterocycles. The summed E-state index contributed by atoms with van der Waals surface area (Å²) in [5.41, 5.74) is 6.47. The highest BCUT2D eigenvalue weighted by Crippen LogP contribution is 2.16. The quantitative estimate of drug-likeness (QED) is 0.659. The summed E-state index contributed by atoms with van der Waals surface area (Å²) < 4.78 is 0. The molecule has 0 fully saturated rings. The first-order chi connectivity index (χ1) is 11.1. The van der Waals surface area contributed by atoms with E-state index in [0.29, 0.717) is 6.54 Å². The Kier molecular flexibility index (Phi) is 6.15. The van der Waals surface area contributed by atoms with Gasteiger partial charge in [-0.15, -0.1) is 0 Å². The molecular weight excluding hydrogens is 284 g/mol. The Morgan fingerprint density at radius 3 is 2.43 bits per heavy atom. The molecule has 4 nitrogen and oxygen atoms in total. The highest BCUT2D eigenvalue weighted by atomic mass is 15.2. The van der Waals surface area contributed by atoms with E-state index < -0.39 is 0 Å². The van der Waals surface area contributed by atoms with Crippen LogP contribution in [0.25, 0.3) is 0 Å². The van der Waals surface area contributed by atoms with Gasteiger partial charge in [0.2, 0.25) is 0 Å². The summed E-state index contributed by atoms with van der Waals surface area (Å²) in [6, 6.07) is 10.4. The molecule has 1 heterocycles. The molecular formula is C19H26N4. The van der Waals surface area contributed by atoms with Crippen molar-refractivity contribution in [3.8, 4) is 0 Å². The number of hydrogen-bond donors (Lipinski definition) is 2. The number of rotatable bonds is 5. The van der Waals surface area contributed by atoms with Crippen molar-refractivity contribution in [1.29, 1.82) is 0 Å². The molecule has 122 valence electrons. The molecule has 0 aliphatic carbocycles. The Morgan fingerprint density at radius 2 is 1.83 bits per heavy atom. The maximum Gasteiger partial charge on any atom is 0.191 e. The summed E-state index contributed by atoms with van der Waals surface area (Å²) >= 11 is 0. The summed E-state index contributed by atoms with van der Waals surface area (Å²) in [6.07, 6.45) is 2.79. The van der Waals surface area contributed by atoms with Crippen LogP contribution >= 0.6 is 0 Å². The molecule has 0 saturated heterocycles. The summed E-state index contributed by atoms with van der Waals surface area (Å²) in [5.74, 6) is 0.804. The van der Waals surface area contributed by atoms with Gasteiger partial charge in [-0.1, -0.05) is 23.8 Å². The zero-order valence-electron chi connectivity index (χ0n) is 14.5. The normalized spacial score (nSPS) is 11.4. The van der Waals surface area contributed by atoms with Gasteiger partial charge in [-0.25, -0.2) is 0 Å². The van der Waals surface area contributed by atoms with Crippen LogP contribution in [0, 0.1) is 20.8 Å². The monoisotopic (exact) mass is 310 g/mol. The number of pyridine rings is 1. The molecule has 0 unspecified atom stereocenters. The maximum absolute atomic E-state index is 4.30. The second-order valence-corrected chi connectivity index (χ2v) is 5.80. The SMILES string of the molecule is CN=C(NCCc1c(C)cc(C)cc1C)NCc1ccccn1. The molecule has 1 aromatic carbocycles. The smallest absolute Gasteiger partial charge is 0.191 e. The minimum atomic E-state index is 0.670. The lowest BCUT2D eigenvalue weighted by atomic mass is 9.97. The molecule has 0 atom stereocenters. The second-order valence-electron chi connectivity index (χ2n) is 5.80. The Labute approximate surface area is 139 Å². The van der Waals surface area contributed by atoms with Crippen LogP contribution in [0.2, 0.25) is 0 Å². The van der Waals surface area contributed by atoms with E-state index in [2.05, 4.69) is 53.5 Å². The standard InChI is InChI=1S/C19H26N4/c1-14-11-15(2)18(16(3)12-14)8-10-22-19(20-4)23-13-17-7-5-6-9-21-17/h5-7,9,11-12H,8,10,13H2,1-4H3,(H2,20,22,23). The van der Waals surface area contributed by atoms with E-state index in [0.717, 1.165) is 24.6 Å². The third-order valence-corrected chi connectivity index (χ3v) is 3.89. The number of guanidine groups is 1. The van der Waals surface area contributed by atoms with E-state index in [-0.39, 0.29) is 0 Å². The Balaban J connectivity index is 1.85. The second kappa shape index (κ2) is 8.32. The Morgan fingerprint density at radius 1 is 1.09 bits per heavy atom. The Bertz CT molecular complexity index is 639. The van der Waals surface area contributed by atoms with Gasteiger partial charge in [0.15, 0.2) is 5.96 Å². The topological polar surface area (TPSA) is 49.3 Å². The van der Waals surface area contributed by atoms with Gasteiger partial charge in [0.25, 0.3) is 0 Å². The summed E-state index contributed by atoms with van der Waals surface area (Å²) in [7, 11) is 1.79. The van der Waals surface area contributed by atoms with Crippen molar-refractivity contribution in [2.45, 2.75) is 33.7 Å².